The predicted molar refractivity (Wildman–Crippen MR) is 141 cm³/mol. The topological polar surface area (TPSA) is 88.2 Å². The second-order valence-corrected chi connectivity index (χ2v) is 9.48. The highest BCUT2D eigenvalue weighted by atomic mass is 16.5. The molecule has 2 aromatic carbocycles. The Kier molecular flexibility index (Phi) is 7.54. The molecule has 0 fully saturated rings. The van der Waals surface area contributed by atoms with Crippen molar-refractivity contribution < 1.29 is 9.53 Å². The Balaban J connectivity index is 1.77. The number of hydrogen-bond donors (Lipinski definition) is 3. The van der Waals surface area contributed by atoms with Gasteiger partial charge in [0.15, 0.2) is 0 Å². The Bertz CT molecular complexity index is 1240. The van der Waals surface area contributed by atoms with E-state index in [1.54, 1.807) is 6.33 Å². The van der Waals surface area contributed by atoms with Crippen LogP contribution in [0.15, 0.2) is 48.9 Å². The molecule has 0 saturated carbocycles. The van der Waals surface area contributed by atoms with Crippen molar-refractivity contribution in [2.75, 3.05) is 18.5 Å². The number of anilines is 2. The van der Waals surface area contributed by atoms with Gasteiger partial charge in [-0.25, -0.2) is 9.97 Å². The number of carbonyl (C=O) groups is 1. The summed E-state index contributed by atoms with van der Waals surface area (Å²) in [4.78, 5) is 22.0. The van der Waals surface area contributed by atoms with Crippen molar-refractivity contribution in [1.82, 2.24) is 20.6 Å². The largest absolute Gasteiger partial charge is 0.493 e. The maximum atomic E-state index is 12.9. The van der Waals surface area contributed by atoms with E-state index in [4.69, 9.17) is 4.74 Å². The van der Waals surface area contributed by atoms with Crippen molar-refractivity contribution >= 4 is 28.3 Å². The molecule has 0 spiro atoms. The summed E-state index contributed by atoms with van der Waals surface area (Å²) >= 11 is 0. The summed E-state index contributed by atoms with van der Waals surface area (Å²) < 4.78 is 6.17. The second-order valence-electron chi connectivity index (χ2n) is 9.48. The van der Waals surface area contributed by atoms with Gasteiger partial charge < -0.3 is 20.7 Å². The molecular weight excluding hydrogens is 438 g/mol. The quantitative estimate of drug-likeness (QED) is 0.495. The first-order valence-corrected chi connectivity index (χ1v) is 12.3. The van der Waals surface area contributed by atoms with Gasteiger partial charge in [-0.05, 0) is 60.6 Å². The summed E-state index contributed by atoms with van der Waals surface area (Å²) in [5.41, 5.74) is 5.91. The number of hydrogen-bond acceptors (Lipinski definition) is 6. The molecule has 3 N–H and O–H groups in total. The monoisotopic (exact) mass is 473 g/mol. The molecule has 2 bridgehead atoms. The maximum absolute atomic E-state index is 12.9. The summed E-state index contributed by atoms with van der Waals surface area (Å²) in [6, 6.07) is 10.0. The molecule has 1 amide bonds. The van der Waals surface area contributed by atoms with Crippen LogP contribution in [0.4, 0.5) is 11.5 Å². The van der Waals surface area contributed by atoms with Gasteiger partial charge in [-0.1, -0.05) is 39.5 Å². The molecule has 0 saturated heterocycles. The van der Waals surface area contributed by atoms with E-state index in [-0.39, 0.29) is 17.9 Å². The van der Waals surface area contributed by atoms with E-state index in [9.17, 15) is 4.79 Å². The zero-order valence-electron chi connectivity index (χ0n) is 21.1. The van der Waals surface area contributed by atoms with Crippen LogP contribution in [-0.4, -0.2) is 35.1 Å². The van der Waals surface area contributed by atoms with Crippen LogP contribution in [0.25, 0.3) is 10.9 Å². The number of carbonyl (C=O) groups excluding carboxylic acids is 1. The average molecular weight is 474 g/mol. The number of aromatic nitrogens is 2. The van der Waals surface area contributed by atoms with Crippen LogP contribution in [0.5, 0.6) is 5.75 Å². The SMILES string of the molecule is C=C1Cc2ccc(C)cc2Nc2ncnc3cc(CC)c(cc23)OCCCNC(=O)C(C(C)C)N1. The fourth-order valence-corrected chi connectivity index (χ4v) is 4.34. The lowest BCUT2D eigenvalue weighted by molar-refractivity contribution is -0.123. The van der Waals surface area contributed by atoms with Gasteiger partial charge in [0, 0.05) is 29.7 Å². The number of fused-ring (bicyclic) bond motifs is 2. The average Bonchev–Trinajstić information content (AvgIpc) is 2.83. The standard InChI is InChI=1S/C28H35N5O2/c1-6-20-14-24-22-15-25(20)35-11-7-10-29-28(34)26(17(2)3)32-19(5)13-21-9-8-18(4)12-23(21)33-27(22)31-16-30-24/h8-9,12,14-17,26,32H,5-7,10-11,13H2,1-4H3,(H,29,34)(H,30,31,33). The van der Waals surface area contributed by atoms with Gasteiger partial charge in [-0.2, -0.15) is 0 Å². The minimum atomic E-state index is -0.357. The van der Waals surface area contributed by atoms with Crippen molar-refractivity contribution in [2.45, 2.75) is 53.0 Å². The van der Waals surface area contributed by atoms with E-state index in [1.807, 2.05) is 19.9 Å². The first-order chi connectivity index (χ1) is 16.9. The molecule has 35 heavy (non-hydrogen) atoms. The van der Waals surface area contributed by atoms with E-state index in [0.717, 1.165) is 57.0 Å². The number of rotatable bonds is 2. The minimum Gasteiger partial charge on any atom is -0.493 e. The van der Waals surface area contributed by atoms with Crippen molar-refractivity contribution in [1.29, 1.82) is 0 Å². The summed E-state index contributed by atoms with van der Waals surface area (Å²) in [6.45, 7) is 13.5. The normalized spacial score (nSPS) is 17.2. The van der Waals surface area contributed by atoms with Crippen molar-refractivity contribution in [2.24, 2.45) is 5.92 Å². The van der Waals surface area contributed by atoms with Crippen LogP contribution in [0, 0.1) is 12.8 Å². The van der Waals surface area contributed by atoms with Gasteiger partial charge >= 0.3 is 0 Å². The Morgan fingerprint density at radius 1 is 1.20 bits per heavy atom. The van der Waals surface area contributed by atoms with E-state index in [1.165, 1.54) is 0 Å². The molecule has 4 rings (SSSR count). The Hall–Kier alpha value is -3.61. The molecule has 184 valence electrons. The maximum Gasteiger partial charge on any atom is 0.242 e. The molecular formula is C28H35N5O2. The number of allylic oxidation sites excluding steroid dienone is 1. The van der Waals surface area contributed by atoms with E-state index in [2.05, 4.69) is 70.6 Å². The lowest BCUT2D eigenvalue weighted by atomic mass is 10.0. The van der Waals surface area contributed by atoms with Gasteiger partial charge in [0.1, 0.15) is 23.9 Å². The minimum absolute atomic E-state index is 0.0222. The van der Waals surface area contributed by atoms with Crippen molar-refractivity contribution in [3.05, 3.63) is 65.6 Å². The first-order valence-electron chi connectivity index (χ1n) is 12.3. The first kappa shape index (κ1) is 24.5. The molecule has 1 atom stereocenters. The number of aryl methyl sites for hydroxylation is 2. The third kappa shape index (κ3) is 5.73. The summed E-state index contributed by atoms with van der Waals surface area (Å²) in [6.07, 6.45) is 3.71. The molecule has 7 nitrogen and oxygen atoms in total. The number of amides is 1. The van der Waals surface area contributed by atoms with Gasteiger partial charge in [-0.3, -0.25) is 4.79 Å². The molecule has 7 heteroatoms. The second kappa shape index (κ2) is 10.8. The zero-order valence-corrected chi connectivity index (χ0v) is 21.1. The smallest absolute Gasteiger partial charge is 0.242 e. The van der Waals surface area contributed by atoms with Crippen LogP contribution in [0.2, 0.25) is 0 Å². The van der Waals surface area contributed by atoms with Crippen LogP contribution in [0.1, 0.15) is 43.9 Å². The van der Waals surface area contributed by atoms with E-state index >= 15 is 0 Å². The van der Waals surface area contributed by atoms with Crippen LogP contribution in [-0.2, 0) is 17.6 Å². The lowest BCUT2D eigenvalue weighted by Crippen LogP contribution is -2.47. The van der Waals surface area contributed by atoms with E-state index < -0.39 is 0 Å². The van der Waals surface area contributed by atoms with Crippen molar-refractivity contribution in [3.8, 4) is 5.75 Å². The molecule has 3 aromatic rings. The number of benzene rings is 2. The van der Waals surface area contributed by atoms with Crippen LogP contribution < -0.4 is 20.7 Å². The number of ether oxygens (including phenoxy) is 1. The fourth-order valence-electron chi connectivity index (χ4n) is 4.34. The Labute approximate surface area is 207 Å². The van der Waals surface area contributed by atoms with Gasteiger partial charge in [0.25, 0.3) is 0 Å². The van der Waals surface area contributed by atoms with E-state index in [0.29, 0.717) is 26.0 Å². The summed E-state index contributed by atoms with van der Waals surface area (Å²) in [5.74, 6) is 1.65. The highest BCUT2D eigenvalue weighted by molar-refractivity contribution is 5.92. The van der Waals surface area contributed by atoms with Crippen molar-refractivity contribution in [3.63, 3.8) is 0 Å². The molecule has 0 aliphatic carbocycles. The summed E-state index contributed by atoms with van der Waals surface area (Å²) in [5, 5.41) is 10.9. The number of nitrogens with one attached hydrogen (secondary N) is 3. The van der Waals surface area contributed by atoms with Gasteiger partial charge in [0.05, 0.1) is 12.1 Å². The predicted octanol–water partition coefficient (Wildman–Crippen LogP) is 4.81. The molecule has 1 aliphatic heterocycles. The molecule has 1 unspecified atom stereocenters. The third-order valence-electron chi connectivity index (χ3n) is 6.31. The Morgan fingerprint density at radius 3 is 2.80 bits per heavy atom. The molecule has 1 aliphatic rings. The highest BCUT2D eigenvalue weighted by Gasteiger charge is 2.22. The molecule has 0 radical (unpaired) electrons. The fraction of sp³-hybridized carbons (Fsp3) is 0.393. The number of nitrogens with zero attached hydrogens (tertiary/aromatic N) is 2. The zero-order chi connectivity index (χ0) is 24.9. The van der Waals surface area contributed by atoms with Crippen LogP contribution >= 0.6 is 0 Å². The third-order valence-corrected chi connectivity index (χ3v) is 6.31. The van der Waals surface area contributed by atoms with Crippen LogP contribution in [0.3, 0.4) is 0 Å². The van der Waals surface area contributed by atoms with Gasteiger partial charge in [-0.15, -0.1) is 0 Å². The summed E-state index contributed by atoms with van der Waals surface area (Å²) in [7, 11) is 0. The molecule has 1 aromatic heterocycles. The molecule has 2 heterocycles. The highest BCUT2D eigenvalue weighted by Crippen LogP contribution is 2.32. The Morgan fingerprint density at radius 2 is 2.03 bits per heavy atom. The lowest BCUT2D eigenvalue weighted by Gasteiger charge is -2.24. The van der Waals surface area contributed by atoms with Gasteiger partial charge in [0.2, 0.25) is 5.91 Å².